The predicted molar refractivity (Wildman–Crippen MR) is 74.3 cm³/mol. The molecule has 8 heteroatoms. The van der Waals surface area contributed by atoms with Crippen LogP contribution in [0.1, 0.15) is 29.5 Å². The molecule has 2 aromatic rings. The van der Waals surface area contributed by atoms with E-state index in [1.165, 1.54) is 0 Å². The van der Waals surface area contributed by atoms with Crippen molar-refractivity contribution in [3.05, 3.63) is 29.9 Å². The van der Waals surface area contributed by atoms with Crippen molar-refractivity contribution < 1.29 is 4.52 Å². The Hall–Kier alpha value is -1.77. The van der Waals surface area contributed by atoms with E-state index in [0.29, 0.717) is 12.3 Å². The third-order valence-corrected chi connectivity index (χ3v) is 4.35. The van der Waals surface area contributed by atoms with E-state index < -0.39 is 0 Å². The normalized spacial score (nSPS) is 29.7. The van der Waals surface area contributed by atoms with E-state index in [9.17, 15) is 0 Å². The van der Waals surface area contributed by atoms with E-state index in [2.05, 4.69) is 29.9 Å². The Labute approximate surface area is 122 Å². The molecule has 2 atom stereocenters. The minimum Gasteiger partial charge on any atom is -0.348 e. The molecular weight excluding hydrogens is 270 g/mol. The number of aromatic nitrogens is 4. The smallest absolute Gasteiger partial charge is 0.244 e. The fourth-order valence-corrected chi connectivity index (χ4v) is 3.12. The van der Waals surface area contributed by atoms with Crippen molar-refractivity contribution in [3.8, 4) is 0 Å². The van der Waals surface area contributed by atoms with E-state index in [4.69, 9.17) is 10.3 Å². The van der Waals surface area contributed by atoms with Crippen molar-refractivity contribution in [2.75, 3.05) is 32.7 Å². The number of piperazine rings is 3. The first-order chi connectivity index (χ1) is 10.3. The lowest BCUT2D eigenvalue weighted by Gasteiger charge is -2.46. The minimum absolute atomic E-state index is 0.240. The molecular formula is C13H19N7O. The first kappa shape index (κ1) is 12.9. The zero-order valence-corrected chi connectivity index (χ0v) is 11.8. The van der Waals surface area contributed by atoms with Gasteiger partial charge in [0.25, 0.3) is 0 Å². The van der Waals surface area contributed by atoms with Crippen LogP contribution in [0.15, 0.2) is 17.0 Å². The lowest BCUT2D eigenvalue weighted by atomic mass is 10.1. The van der Waals surface area contributed by atoms with Gasteiger partial charge in [0.1, 0.15) is 0 Å². The summed E-state index contributed by atoms with van der Waals surface area (Å²) in [7, 11) is 0. The summed E-state index contributed by atoms with van der Waals surface area (Å²) in [6.45, 7) is 5.42. The van der Waals surface area contributed by atoms with E-state index >= 15 is 0 Å². The first-order valence-corrected chi connectivity index (χ1v) is 7.32. The summed E-state index contributed by atoms with van der Waals surface area (Å²) in [6, 6.07) is -0.0628. The van der Waals surface area contributed by atoms with Gasteiger partial charge in [0.15, 0.2) is 5.82 Å². The molecule has 3 aliphatic rings. The fourth-order valence-electron chi connectivity index (χ4n) is 3.12. The average molecular weight is 289 g/mol. The van der Waals surface area contributed by atoms with E-state index in [0.717, 1.165) is 44.2 Å². The SMILES string of the molecule is NC(Cc1cnc[nH]1)c1nc(C2CN3CCN2CC3)no1. The summed E-state index contributed by atoms with van der Waals surface area (Å²) in [6.07, 6.45) is 4.01. The van der Waals surface area contributed by atoms with E-state index in [1.807, 2.05) is 0 Å². The van der Waals surface area contributed by atoms with Gasteiger partial charge >= 0.3 is 0 Å². The lowest BCUT2D eigenvalue weighted by molar-refractivity contribution is 0.00781. The number of hydrogen-bond donors (Lipinski definition) is 2. The minimum atomic E-state index is -0.303. The molecule has 0 aromatic carbocycles. The first-order valence-electron chi connectivity index (χ1n) is 7.32. The molecule has 112 valence electrons. The standard InChI is InChI=1S/C13H19N7O/c14-10(5-9-6-15-8-16-9)13-17-12(18-21-13)11-7-19-1-3-20(11)4-2-19/h6,8,10-11H,1-5,7,14H2,(H,15,16). The van der Waals surface area contributed by atoms with Gasteiger partial charge in [-0.15, -0.1) is 0 Å². The Balaban J connectivity index is 1.48. The topological polar surface area (TPSA) is 100 Å². The molecule has 8 nitrogen and oxygen atoms in total. The molecule has 0 saturated carbocycles. The van der Waals surface area contributed by atoms with Crippen molar-refractivity contribution in [3.63, 3.8) is 0 Å². The Morgan fingerprint density at radius 3 is 2.90 bits per heavy atom. The Morgan fingerprint density at radius 2 is 2.24 bits per heavy atom. The summed E-state index contributed by atoms with van der Waals surface area (Å²) in [5.41, 5.74) is 7.10. The second-order valence-corrected chi connectivity index (χ2v) is 5.73. The molecule has 2 bridgehead atoms. The molecule has 21 heavy (non-hydrogen) atoms. The highest BCUT2D eigenvalue weighted by atomic mass is 16.5. The van der Waals surface area contributed by atoms with Gasteiger partial charge < -0.3 is 15.2 Å². The summed E-state index contributed by atoms with van der Waals surface area (Å²) in [5, 5.41) is 4.15. The number of fused-ring (bicyclic) bond motifs is 3. The predicted octanol–water partition coefficient (Wildman–Crippen LogP) is -0.292. The number of nitrogens with one attached hydrogen (secondary N) is 1. The largest absolute Gasteiger partial charge is 0.348 e. The van der Waals surface area contributed by atoms with Crippen molar-refractivity contribution in [1.82, 2.24) is 29.9 Å². The maximum atomic E-state index is 6.14. The summed E-state index contributed by atoms with van der Waals surface area (Å²) < 4.78 is 5.37. The molecule has 3 aliphatic heterocycles. The van der Waals surface area contributed by atoms with Crippen LogP contribution in [0, 0.1) is 0 Å². The van der Waals surface area contributed by atoms with Crippen LogP contribution < -0.4 is 5.73 Å². The number of nitrogens with zero attached hydrogens (tertiary/aromatic N) is 5. The van der Waals surface area contributed by atoms with Crippen LogP contribution in [0.5, 0.6) is 0 Å². The maximum absolute atomic E-state index is 6.14. The van der Waals surface area contributed by atoms with E-state index in [-0.39, 0.29) is 12.1 Å². The van der Waals surface area contributed by atoms with Gasteiger partial charge in [-0.25, -0.2) is 4.98 Å². The summed E-state index contributed by atoms with van der Waals surface area (Å²) in [5.74, 6) is 1.26. The second-order valence-electron chi connectivity index (χ2n) is 5.73. The zero-order valence-electron chi connectivity index (χ0n) is 11.8. The third-order valence-electron chi connectivity index (χ3n) is 4.35. The van der Waals surface area contributed by atoms with Crippen LogP contribution in [0.3, 0.4) is 0 Å². The van der Waals surface area contributed by atoms with Gasteiger partial charge in [0.2, 0.25) is 5.89 Å². The van der Waals surface area contributed by atoms with Gasteiger partial charge in [0.05, 0.1) is 18.4 Å². The summed E-state index contributed by atoms with van der Waals surface area (Å²) >= 11 is 0. The number of H-pyrrole nitrogens is 1. The fraction of sp³-hybridized carbons (Fsp3) is 0.615. The van der Waals surface area contributed by atoms with E-state index in [1.54, 1.807) is 12.5 Å². The lowest BCUT2D eigenvalue weighted by Crippen LogP contribution is -2.57. The monoisotopic (exact) mass is 289 g/mol. The Morgan fingerprint density at radius 1 is 1.38 bits per heavy atom. The molecule has 3 fully saturated rings. The molecule has 2 aromatic heterocycles. The third kappa shape index (κ3) is 2.45. The highest BCUT2D eigenvalue weighted by Crippen LogP contribution is 2.27. The molecule has 3 saturated heterocycles. The Bertz CT molecular complexity index is 587. The van der Waals surface area contributed by atoms with Gasteiger partial charge in [-0.1, -0.05) is 5.16 Å². The van der Waals surface area contributed by atoms with Gasteiger partial charge in [-0.05, 0) is 0 Å². The number of aromatic amines is 1. The highest BCUT2D eigenvalue weighted by molar-refractivity contribution is 5.05. The van der Waals surface area contributed by atoms with Crippen LogP contribution in [0.25, 0.3) is 0 Å². The molecule has 0 amide bonds. The molecule has 0 spiro atoms. The van der Waals surface area contributed by atoms with Crippen molar-refractivity contribution >= 4 is 0 Å². The van der Waals surface area contributed by atoms with Gasteiger partial charge in [-0.3, -0.25) is 9.80 Å². The number of imidazole rings is 1. The van der Waals surface area contributed by atoms with Crippen LogP contribution in [-0.2, 0) is 6.42 Å². The van der Waals surface area contributed by atoms with Crippen LogP contribution in [0.4, 0.5) is 0 Å². The molecule has 0 aliphatic carbocycles. The molecule has 3 N–H and O–H groups in total. The molecule has 2 unspecified atom stereocenters. The number of hydrogen-bond acceptors (Lipinski definition) is 7. The second kappa shape index (κ2) is 5.21. The number of nitrogens with two attached hydrogens (primary N) is 1. The van der Waals surface area contributed by atoms with Crippen molar-refractivity contribution in [2.24, 2.45) is 5.73 Å². The average Bonchev–Trinajstić information content (AvgIpc) is 3.19. The summed E-state index contributed by atoms with van der Waals surface area (Å²) in [4.78, 5) is 16.4. The molecule has 0 radical (unpaired) electrons. The van der Waals surface area contributed by atoms with Crippen LogP contribution in [0.2, 0.25) is 0 Å². The highest BCUT2D eigenvalue weighted by Gasteiger charge is 2.35. The molecule has 5 heterocycles. The van der Waals surface area contributed by atoms with Gasteiger partial charge in [-0.2, -0.15) is 4.98 Å². The zero-order chi connectivity index (χ0) is 14.2. The quantitative estimate of drug-likeness (QED) is 0.797. The van der Waals surface area contributed by atoms with Crippen molar-refractivity contribution in [1.29, 1.82) is 0 Å². The molecule has 5 rings (SSSR count). The van der Waals surface area contributed by atoms with Crippen LogP contribution in [-0.4, -0.2) is 62.6 Å². The van der Waals surface area contributed by atoms with Crippen LogP contribution >= 0.6 is 0 Å². The van der Waals surface area contributed by atoms with Crippen molar-refractivity contribution in [2.45, 2.75) is 18.5 Å². The van der Waals surface area contributed by atoms with Gasteiger partial charge in [0, 0.05) is 51.0 Å². The number of rotatable bonds is 4. The maximum Gasteiger partial charge on any atom is 0.244 e. The Kier molecular flexibility index (Phi) is 3.21.